The first-order valence-corrected chi connectivity index (χ1v) is 20.1. The van der Waals surface area contributed by atoms with E-state index in [2.05, 4.69) is 188 Å². The van der Waals surface area contributed by atoms with Gasteiger partial charge in [0.15, 0.2) is 0 Å². The van der Waals surface area contributed by atoms with Crippen molar-refractivity contribution in [3.63, 3.8) is 0 Å². The molecular formula is C50H34N2S2. The van der Waals surface area contributed by atoms with Gasteiger partial charge in [0.2, 0.25) is 0 Å². The lowest BCUT2D eigenvalue weighted by molar-refractivity contribution is 0.664. The summed E-state index contributed by atoms with van der Waals surface area (Å²) in [5, 5.41) is 2.59. The van der Waals surface area contributed by atoms with Crippen LogP contribution >= 0.6 is 23.5 Å². The maximum Gasteiger partial charge on any atom is 0.0715 e. The Kier molecular flexibility index (Phi) is 7.11. The molecule has 2 nitrogen and oxygen atoms in total. The Morgan fingerprint density at radius 3 is 1.80 bits per heavy atom. The second kappa shape index (κ2) is 12.1. The summed E-state index contributed by atoms with van der Waals surface area (Å²) in [6.07, 6.45) is 0. The molecule has 0 atom stereocenters. The molecule has 1 aliphatic carbocycles. The Labute approximate surface area is 323 Å². The average molecular weight is 727 g/mol. The van der Waals surface area contributed by atoms with Gasteiger partial charge in [0.05, 0.1) is 27.3 Å². The lowest BCUT2D eigenvalue weighted by Crippen LogP contribution is -2.16. The van der Waals surface area contributed by atoms with E-state index in [0.29, 0.717) is 0 Å². The molecule has 0 N–H and O–H groups in total. The number of rotatable bonds is 4. The van der Waals surface area contributed by atoms with Crippen molar-refractivity contribution in [1.82, 2.24) is 9.55 Å². The summed E-state index contributed by atoms with van der Waals surface area (Å²) in [4.78, 5) is 10.5. The van der Waals surface area contributed by atoms with Crippen LogP contribution in [0.1, 0.15) is 25.0 Å². The molecule has 0 fully saturated rings. The van der Waals surface area contributed by atoms with Crippen molar-refractivity contribution in [2.45, 2.75) is 38.8 Å². The second-order valence-corrected chi connectivity index (χ2v) is 16.9. The summed E-state index contributed by atoms with van der Waals surface area (Å²) < 4.78 is 2.57. The van der Waals surface area contributed by atoms with Crippen molar-refractivity contribution in [2.24, 2.45) is 0 Å². The van der Waals surface area contributed by atoms with Gasteiger partial charge in [-0.2, -0.15) is 0 Å². The third-order valence-corrected chi connectivity index (χ3v) is 13.8. The van der Waals surface area contributed by atoms with E-state index in [9.17, 15) is 0 Å². The predicted molar refractivity (Wildman–Crippen MR) is 227 cm³/mol. The van der Waals surface area contributed by atoms with E-state index in [1.165, 1.54) is 69.2 Å². The van der Waals surface area contributed by atoms with Crippen LogP contribution in [0, 0.1) is 0 Å². The summed E-state index contributed by atoms with van der Waals surface area (Å²) in [7, 11) is 0. The molecule has 3 heterocycles. The van der Waals surface area contributed by atoms with E-state index < -0.39 is 0 Å². The van der Waals surface area contributed by atoms with Crippen molar-refractivity contribution < 1.29 is 0 Å². The van der Waals surface area contributed by atoms with Crippen molar-refractivity contribution in [2.75, 3.05) is 0 Å². The molecule has 4 heteroatoms. The Hall–Kier alpha value is -5.81. The van der Waals surface area contributed by atoms with Gasteiger partial charge < -0.3 is 4.57 Å². The Morgan fingerprint density at radius 1 is 0.463 bits per heavy atom. The van der Waals surface area contributed by atoms with Gasteiger partial charge in [-0.3, -0.25) is 0 Å². The van der Waals surface area contributed by atoms with E-state index in [4.69, 9.17) is 4.98 Å². The van der Waals surface area contributed by atoms with E-state index in [1.807, 2.05) is 23.5 Å². The zero-order valence-electron chi connectivity index (χ0n) is 29.9. The molecule has 0 unspecified atom stereocenters. The SMILES string of the molecule is CC1(C)c2ccccc2-c2ccc3c4ccc5c(c4n(-c4ccc(-c6cc(-c7ccccc7)cc(-c7ccccc7)n6)cc4)c3c21)Sc1ccccc1S5. The monoisotopic (exact) mass is 726 g/mol. The average Bonchev–Trinajstić information content (AvgIpc) is 3.69. The molecule has 1 aliphatic heterocycles. The summed E-state index contributed by atoms with van der Waals surface area (Å²) >= 11 is 3.79. The first-order chi connectivity index (χ1) is 26.5. The summed E-state index contributed by atoms with van der Waals surface area (Å²) in [6, 6.07) is 61.9. The maximum absolute atomic E-state index is 5.25. The molecule has 2 aliphatic rings. The maximum atomic E-state index is 5.25. The van der Waals surface area contributed by atoms with Crippen LogP contribution < -0.4 is 0 Å². The summed E-state index contributed by atoms with van der Waals surface area (Å²) in [5.74, 6) is 0. The zero-order valence-corrected chi connectivity index (χ0v) is 31.5. The van der Waals surface area contributed by atoms with Gasteiger partial charge in [-0.25, -0.2) is 4.98 Å². The van der Waals surface area contributed by atoms with E-state index in [-0.39, 0.29) is 5.41 Å². The predicted octanol–water partition coefficient (Wildman–Crippen LogP) is 14.1. The fraction of sp³-hybridized carbons (Fsp3) is 0.0600. The zero-order chi connectivity index (χ0) is 36.0. The van der Waals surface area contributed by atoms with Crippen LogP contribution in [-0.2, 0) is 5.41 Å². The quantitative estimate of drug-likeness (QED) is 0.180. The largest absolute Gasteiger partial charge is 0.308 e. The van der Waals surface area contributed by atoms with Gasteiger partial charge in [0.25, 0.3) is 0 Å². The lowest BCUT2D eigenvalue weighted by atomic mass is 9.81. The molecule has 2 aromatic heterocycles. The van der Waals surface area contributed by atoms with Gasteiger partial charge in [-0.1, -0.05) is 165 Å². The van der Waals surface area contributed by atoms with Crippen molar-refractivity contribution in [3.05, 3.63) is 181 Å². The topological polar surface area (TPSA) is 17.8 Å². The standard InChI is InChI=1S/C50H34N2S2/c1-50(2)40-18-10-9-17-36(40)37-25-26-38-39-27-28-45-49(54-44-20-12-11-19-43(44)53-45)48(39)52(47(38)46(37)50)35-23-21-33(22-24-35)42-30-34(31-13-5-3-6-14-31)29-41(51-42)32-15-7-4-8-16-32/h3-30H,1-2H3. The summed E-state index contributed by atoms with van der Waals surface area (Å²) in [5.41, 5.74) is 15.5. The van der Waals surface area contributed by atoms with Gasteiger partial charge in [0.1, 0.15) is 0 Å². The first-order valence-electron chi connectivity index (χ1n) is 18.5. The molecule has 9 aromatic rings. The molecule has 54 heavy (non-hydrogen) atoms. The number of nitrogens with zero attached hydrogens (tertiary/aromatic N) is 2. The molecule has 0 bridgehead atoms. The van der Waals surface area contributed by atoms with Gasteiger partial charge in [-0.15, -0.1) is 0 Å². The molecule has 0 saturated heterocycles. The molecule has 256 valence electrons. The molecule has 0 radical (unpaired) electrons. The minimum atomic E-state index is -0.165. The number of hydrogen-bond acceptors (Lipinski definition) is 3. The molecule has 0 saturated carbocycles. The van der Waals surface area contributed by atoms with Crippen LogP contribution in [-0.4, -0.2) is 9.55 Å². The van der Waals surface area contributed by atoms with Crippen molar-refractivity contribution in [1.29, 1.82) is 0 Å². The van der Waals surface area contributed by atoms with Gasteiger partial charge >= 0.3 is 0 Å². The molecular weight excluding hydrogens is 693 g/mol. The fourth-order valence-corrected chi connectivity index (χ4v) is 11.1. The second-order valence-electron chi connectivity index (χ2n) is 14.7. The van der Waals surface area contributed by atoms with Crippen LogP contribution in [0.4, 0.5) is 0 Å². The van der Waals surface area contributed by atoms with Crippen LogP contribution in [0.5, 0.6) is 0 Å². The molecule has 11 rings (SSSR count). The highest BCUT2D eigenvalue weighted by Crippen LogP contribution is 2.56. The smallest absolute Gasteiger partial charge is 0.0715 e. The lowest BCUT2D eigenvalue weighted by Gasteiger charge is -2.24. The molecule has 0 spiro atoms. The molecule has 0 amide bonds. The number of pyridine rings is 1. The van der Waals surface area contributed by atoms with Crippen molar-refractivity contribution >= 4 is 45.3 Å². The van der Waals surface area contributed by atoms with Gasteiger partial charge in [-0.05, 0) is 75.8 Å². The Morgan fingerprint density at radius 2 is 1.06 bits per heavy atom. The van der Waals surface area contributed by atoms with E-state index in [1.54, 1.807) is 0 Å². The minimum Gasteiger partial charge on any atom is -0.308 e. The Balaban J connectivity index is 1.15. The van der Waals surface area contributed by atoms with E-state index >= 15 is 0 Å². The van der Waals surface area contributed by atoms with Crippen LogP contribution in [0.25, 0.3) is 72.3 Å². The highest BCUT2D eigenvalue weighted by atomic mass is 32.2. The summed E-state index contributed by atoms with van der Waals surface area (Å²) in [6.45, 7) is 4.79. The number of hydrogen-bond donors (Lipinski definition) is 0. The highest BCUT2D eigenvalue weighted by Gasteiger charge is 2.39. The van der Waals surface area contributed by atoms with E-state index in [0.717, 1.165) is 33.8 Å². The highest BCUT2D eigenvalue weighted by molar-refractivity contribution is 8.05. The number of benzene rings is 7. The van der Waals surface area contributed by atoms with Crippen LogP contribution in [0.15, 0.2) is 189 Å². The normalized spacial score (nSPS) is 13.7. The molecule has 7 aromatic carbocycles. The number of aromatic nitrogens is 2. The van der Waals surface area contributed by atoms with Crippen molar-refractivity contribution in [3.8, 4) is 50.5 Å². The van der Waals surface area contributed by atoms with Crippen LogP contribution in [0.3, 0.4) is 0 Å². The number of fused-ring (bicyclic) bond motifs is 10. The third kappa shape index (κ3) is 4.80. The first kappa shape index (κ1) is 31.7. The fourth-order valence-electron chi connectivity index (χ4n) is 8.70. The third-order valence-electron chi connectivity index (χ3n) is 11.2. The Bertz CT molecular complexity index is 2880. The van der Waals surface area contributed by atoms with Crippen LogP contribution in [0.2, 0.25) is 0 Å². The van der Waals surface area contributed by atoms with Gasteiger partial charge in [0, 0.05) is 47.7 Å². The minimum absolute atomic E-state index is 0.165.